The minimum Gasteiger partial charge on any atom is -0.424 e. The fraction of sp³-hybridized carbons (Fsp3) is 0.250. The Morgan fingerprint density at radius 3 is 1.20 bits per heavy atom. The van der Waals surface area contributed by atoms with Crippen molar-refractivity contribution in [2.24, 2.45) is 0 Å². The van der Waals surface area contributed by atoms with Gasteiger partial charge in [-0.25, -0.2) is 0 Å². The maximum Gasteiger partial charge on any atom is 0.258 e. The number of benzene rings is 4. The van der Waals surface area contributed by atoms with E-state index in [4.69, 9.17) is 0 Å². The molecular formula is C32H38OSi2. The minimum absolute atomic E-state index is 0.143. The predicted molar refractivity (Wildman–Crippen MR) is 157 cm³/mol. The van der Waals surface area contributed by atoms with Gasteiger partial charge in [-0.3, -0.25) is 0 Å². The van der Waals surface area contributed by atoms with Crippen LogP contribution in [0, 0.1) is 0 Å². The highest BCUT2D eigenvalue weighted by Crippen LogP contribution is 2.40. The fourth-order valence-corrected chi connectivity index (χ4v) is 14.8. The van der Waals surface area contributed by atoms with Gasteiger partial charge in [0.15, 0.2) is 8.07 Å². The summed E-state index contributed by atoms with van der Waals surface area (Å²) in [5.41, 5.74) is 0. The van der Waals surface area contributed by atoms with Crippen molar-refractivity contribution in [2.75, 3.05) is 0 Å². The molecule has 1 N–H and O–H groups in total. The maximum atomic E-state index is 11.4. The molecule has 4 aromatic carbocycles. The highest BCUT2D eigenvalue weighted by molar-refractivity contribution is 7.26. The minimum atomic E-state index is -2.70. The summed E-state index contributed by atoms with van der Waals surface area (Å²) in [6.45, 7) is 13.6. The van der Waals surface area contributed by atoms with Crippen LogP contribution in [-0.2, 0) is 0 Å². The smallest absolute Gasteiger partial charge is 0.258 e. The van der Waals surface area contributed by atoms with Gasteiger partial charge in [0.25, 0.3) is 8.32 Å². The summed E-state index contributed by atoms with van der Waals surface area (Å²) in [5, 5.41) is 7.20. The molecule has 0 saturated heterocycles. The van der Waals surface area contributed by atoms with Gasteiger partial charge in [-0.15, -0.1) is 0 Å². The van der Waals surface area contributed by atoms with Crippen molar-refractivity contribution in [3.05, 3.63) is 115 Å². The molecule has 180 valence electrons. The van der Waals surface area contributed by atoms with Crippen LogP contribution < -0.4 is 25.9 Å². The van der Waals surface area contributed by atoms with Crippen LogP contribution in [-0.4, -0.2) is 21.2 Å². The first-order valence-electron chi connectivity index (χ1n) is 12.5. The molecule has 0 bridgehead atoms. The van der Waals surface area contributed by atoms with Gasteiger partial charge in [0, 0.05) is 0 Å². The summed E-state index contributed by atoms with van der Waals surface area (Å²) in [7, 11) is -4.27. The molecule has 3 heteroatoms. The van der Waals surface area contributed by atoms with Gasteiger partial charge in [0.05, 0.1) is 0 Å². The van der Waals surface area contributed by atoms with Crippen LogP contribution >= 0.6 is 0 Å². The van der Waals surface area contributed by atoms with Crippen molar-refractivity contribution in [1.29, 1.82) is 0 Å². The zero-order chi connectivity index (χ0) is 25.3. The van der Waals surface area contributed by atoms with E-state index in [1.807, 2.05) is 60.7 Å². The van der Waals surface area contributed by atoms with Crippen LogP contribution in [0.3, 0.4) is 0 Å². The molecule has 1 heterocycles. The van der Waals surface area contributed by atoms with Crippen LogP contribution in [0.5, 0.6) is 0 Å². The van der Waals surface area contributed by atoms with E-state index in [2.05, 4.69) is 96.1 Å². The number of fused-ring (bicyclic) bond motifs is 1. The molecule has 0 amide bonds. The highest BCUT2D eigenvalue weighted by Gasteiger charge is 2.61. The number of hydrogen-bond acceptors (Lipinski definition) is 1. The average Bonchev–Trinajstić information content (AvgIpc) is 3.55. The third-order valence-electron chi connectivity index (χ3n) is 7.47. The molecule has 0 unspecified atom stereocenters. The lowest BCUT2D eigenvalue weighted by Gasteiger charge is -2.38. The molecule has 4 aromatic rings. The van der Waals surface area contributed by atoms with E-state index in [1.165, 1.54) is 0 Å². The molecule has 0 aromatic heterocycles. The molecule has 1 aliphatic rings. The molecule has 0 fully saturated rings. The summed E-state index contributed by atoms with van der Waals surface area (Å²) in [6.07, 6.45) is 0. The Morgan fingerprint density at radius 2 is 0.857 bits per heavy atom. The summed E-state index contributed by atoms with van der Waals surface area (Å²) in [4.78, 5) is 11.4. The van der Waals surface area contributed by atoms with E-state index >= 15 is 0 Å². The molecule has 1 aliphatic heterocycles. The monoisotopic (exact) mass is 494 g/mol. The molecule has 0 aliphatic carbocycles. The summed E-state index contributed by atoms with van der Waals surface area (Å²) in [6, 6.07) is 40.3. The van der Waals surface area contributed by atoms with Crippen LogP contribution in [0.25, 0.3) is 0 Å². The standard InChI is InChI=1S/C16H20OSi.C16H18Si/c1-16(2,3)18(17,14-10-6-4-7-11-14)15-12-8-5-9-13-15;1-16(2,3)17(13-9-5-4-6-10-13)14-11-7-8-12-15(14)17/h4-13,17H,1-3H3;4-12H,1-3H3. The molecule has 5 rings (SSSR count). The van der Waals surface area contributed by atoms with Gasteiger partial charge in [0.1, 0.15) is 0 Å². The van der Waals surface area contributed by atoms with Gasteiger partial charge in [0.2, 0.25) is 0 Å². The van der Waals surface area contributed by atoms with Gasteiger partial charge in [-0.2, -0.15) is 0 Å². The SMILES string of the molecule is CC(C)(C)[Si](O)(c1ccccc1)c1ccccc1.CC(C)(C)[Si]1(c2ccccc2)c2ccccc21. The quantitative estimate of drug-likeness (QED) is 0.405. The lowest BCUT2D eigenvalue weighted by Crippen LogP contribution is -2.64. The molecule has 35 heavy (non-hydrogen) atoms. The Labute approximate surface area is 213 Å². The van der Waals surface area contributed by atoms with Gasteiger partial charge >= 0.3 is 0 Å². The van der Waals surface area contributed by atoms with Gasteiger partial charge in [-0.1, -0.05) is 157 Å². The Bertz CT molecular complexity index is 1190. The second-order valence-electron chi connectivity index (χ2n) is 11.6. The summed E-state index contributed by atoms with van der Waals surface area (Å²) >= 11 is 0. The number of rotatable bonds is 3. The van der Waals surface area contributed by atoms with Crippen LogP contribution in [0.2, 0.25) is 10.1 Å². The molecular weight excluding hydrogens is 457 g/mol. The van der Waals surface area contributed by atoms with Crippen molar-refractivity contribution < 1.29 is 4.80 Å². The molecule has 1 nitrogen and oxygen atoms in total. The predicted octanol–water partition coefficient (Wildman–Crippen LogP) is 4.81. The molecule has 0 atom stereocenters. The second kappa shape index (κ2) is 9.38. The van der Waals surface area contributed by atoms with Crippen molar-refractivity contribution in [3.63, 3.8) is 0 Å². The van der Waals surface area contributed by atoms with E-state index in [0.717, 1.165) is 10.4 Å². The van der Waals surface area contributed by atoms with Crippen molar-refractivity contribution in [1.82, 2.24) is 0 Å². The third kappa shape index (κ3) is 4.37. The molecule has 0 radical (unpaired) electrons. The van der Waals surface area contributed by atoms with E-state index < -0.39 is 16.4 Å². The largest absolute Gasteiger partial charge is 0.424 e. The van der Waals surface area contributed by atoms with Gasteiger partial charge in [-0.05, 0) is 36.0 Å². The van der Waals surface area contributed by atoms with Crippen molar-refractivity contribution >= 4 is 42.3 Å². The first kappa shape index (κ1) is 25.4. The lowest BCUT2D eigenvalue weighted by molar-refractivity contribution is 0.505. The third-order valence-corrected chi connectivity index (χ3v) is 17.7. The normalized spacial score (nSPS) is 14.4. The van der Waals surface area contributed by atoms with E-state index in [-0.39, 0.29) is 5.04 Å². The average molecular weight is 495 g/mol. The topological polar surface area (TPSA) is 20.2 Å². The Hall–Kier alpha value is -2.73. The first-order valence-corrected chi connectivity index (χ1v) is 16.5. The van der Waals surface area contributed by atoms with Crippen molar-refractivity contribution in [3.8, 4) is 0 Å². The number of hydrogen-bond donors (Lipinski definition) is 1. The molecule has 0 saturated carbocycles. The van der Waals surface area contributed by atoms with Crippen molar-refractivity contribution in [2.45, 2.75) is 51.6 Å². The van der Waals surface area contributed by atoms with E-state index in [9.17, 15) is 4.80 Å². The zero-order valence-corrected chi connectivity index (χ0v) is 23.9. The highest BCUT2D eigenvalue weighted by atomic mass is 28.4. The zero-order valence-electron chi connectivity index (χ0n) is 21.9. The van der Waals surface area contributed by atoms with Crippen LogP contribution in [0.15, 0.2) is 115 Å². The fourth-order valence-electron chi connectivity index (χ4n) is 5.69. The Kier molecular flexibility index (Phi) is 6.80. The lowest BCUT2D eigenvalue weighted by atomic mass is 10.2. The van der Waals surface area contributed by atoms with E-state index in [0.29, 0.717) is 5.04 Å². The first-order chi connectivity index (χ1) is 16.5. The maximum absolute atomic E-state index is 11.4. The summed E-state index contributed by atoms with van der Waals surface area (Å²) in [5.74, 6) is 0. The van der Waals surface area contributed by atoms with Gasteiger partial charge < -0.3 is 4.80 Å². The van der Waals surface area contributed by atoms with E-state index in [1.54, 1.807) is 15.6 Å². The molecule has 0 spiro atoms. The van der Waals surface area contributed by atoms with Crippen LogP contribution in [0.4, 0.5) is 0 Å². The summed E-state index contributed by atoms with van der Waals surface area (Å²) < 4.78 is 0. The second-order valence-corrected chi connectivity index (χ2v) is 20.3. The van der Waals surface area contributed by atoms with Crippen LogP contribution in [0.1, 0.15) is 41.5 Å². The Morgan fingerprint density at radius 1 is 0.514 bits per heavy atom. The Balaban J connectivity index is 0.000000165.